The lowest BCUT2D eigenvalue weighted by Crippen LogP contribution is -2.21. The van der Waals surface area contributed by atoms with Crippen molar-refractivity contribution in [1.82, 2.24) is 4.90 Å². The number of benzene rings is 1. The summed E-state index contributed by atoms with van der Waals surface area (Å²) in [6.45, 7) is 5.09. The first-order valence-electron chi connectivity index (χ1n) is 6.76. The molecule has 19 heavy (non-hydrogen) atoms. The Balaban J connectivity index is 1.70. The predicted octanol–water partition coefficient (Wildman–Crippen LogP) is 2.49. The summed E-state index contributed by atoms with van der Waals surface area (Å²) < 4.78 is 0. The Hall–Kier alpha value is -1.00. The van der Waals surface area contributed by atoms with Crippen LogP contribution in [0.4, 0.5) is 0 Å². The molecule has 0 saturated carbocycles. The quantitative estimate of drug-likeness (QED) is 0.921. The van der Waals surface area contributed by atoms with Crippen LogP contribution in [0, 0.1) is 18.8 Å². The van der Waals surface area contributed by atoms with Crippen molar-refractivity contribution in [2.24, 2.45) is 11.8 Å². The van der Waals surface area contributed by atoms with Gasteiger partial charge in [-0.15, -0.1) is 0 Å². The number of carboxylic acids is 1. The monoisotopic (exact) mass is 277 g/mol. The van der Waals surface area contributed by atoms with E-state index in [9.17, 15) is 4.79 Å². The highest BCUT2D eigenvalue weighted by molar-refractivity contribution is 7.99. The molecule has 2 aliphatic heterocycles. The van der Waals surface area contributed by atoms with Crippen LogP contribution in [0.15, 0.2) is 18.2 Å². The fraction of sp³-hybridized carbons (Fsp3) is 0.533. The summed E-state index contributed by atoms with van der Waals surface area (Å²) in [5.41, 5.74) is 2.40. The number of hydrogen-bond acceptors (Lipinski definition) is 3. The van der Waals surface area contributed by atoms with Gasteiger partial charge in [0, 0.05) is 19.6 Å². The number of fused-ring (bicyclic) bond motifs is 1. The van der Waals surface area contributed by atoms with Crippen LogP contribution in [0.5, 0.6) is 0 Å². The van der Waals surface area contributed by atoms with Crippen molar-refractivity contribution < 1.29 is 9.90 Å². The van der Waals surface area contributed by atoms with Gasteiger partial charge in [0.05, 0.1) is 5.56 Å². The topological polar surface area (TPSA) is 40.5 Å². The molecule has 3 nitrogen and oxygen atoms in total. The average molecular weight is 277 g/mol. The summed E-state index contributed by atoms with van der Waals surface area (Å²) in [6, 6.07) is 5.82. The highest BCUT2D eigenvalue weighted by atomic mass is 32.2. The molecule has 2 heterocycles. The Kier molecular flexibility index (Phi) is 3.54. The number of likely N-dealkylation sites (tertiary alicyclic amines) is 1. The van der Waals surface area contributed by atoms with E-state index in [1.165, 1.54) is 24.6 Å². The van der Waals surface area contributed by atoms with Crippen LogP contribution >= 0.6 is 11.8 Å². The standard InChI is InChI=1S/C15H19NO2S/c1-10-2-3-11(4-14(10)15(17)18)5-16-6-12-8-19-9-13(12)7-16/h2-4,12-13H,5-9H2,1H3,(H,17,18)/t12-,13+. The molecular formula is C15H19NO2S. The van der Waals surface area contributed by atoms with Crippen LogP contribution in [0.1, 0.15) is 21.5 Å². The van der Waals surface area contributed by atoms with Gasteiger partial charge in [-0.25, -0.2) is 4.79 Å². The van der Waals surface area contributed by atoms with Crippen LogP contribution in [-0.4, -0.2) is 40.6 Å². The minimum Gasteiger partial charge on any atom is -0.478 e. The summed E-state index contributed by atoms with van der Waals surface area (Å²) >= 11 is 2.08. The smallest absolute Gasteiger partial charge is 0.335 e. The minimum atomic E-state index is -0.825. The van der Waals surface area contributed by atoms with Crippen molar-refractivity contribution in [1.29, 1.82) is 0 Å². The highest BCUT2D eigenvalue weighted by Crippen LogP contribution is 2.36. The van der Waals surface area contributed by atoms with Gasteiger partial charge in [0.2, 0.25) is 0 Å². The zero-order valence-electron chi connectivity index (χ0n) is 11.1. The van der Waals surface area contributed by atoms with Gasteiger partial charge in [-0.2, -0.15) is 11.8 Å². The van der Waals surface area contributed by atoms with Gasteiger partial charge >= 0.3 is 5.97 Å². The number of carbonyl (C=O) groups is 1. The third-order valence-electron chi connectivity index (χ3n) is 4.25. The van der Waals surface area contributed by atoms with E-state index in [-0.39, 0.29) is 0 Å². The number of aryl methyl sites for hydroxylation is 1. The van der Waals surface area contributed by atoms with Crippen LogP contribution in [0.2, 0.25) is 0 Å². The van der Waals surface area contributed by atoms with E-state index >= 15 is 0 Å². The predicted molar refractivity (Wildman–Crippen MR) is 77.7 cm³/mol. The number of carboxylic acid groups (broad SMARTS) is 1. The normalized spacial score (nSPS) is 26.6. The van der Waals surface area contributed by atoms with Gasteiger partial charge in [-0.05, 0) is 47.5 Å². The molecule has 1 aromatic rings. The number of thioether (sulfide) groups is 1. The fourth-order valence-electron chi connectivity index (χ4n) is 3.17. The van der Waals surface area contributed by atoms with E-state index in [1.807, 2.05) is 19.1 Å². The molecule has 0 aromatic heterocycles. The second kappa shape index (κ2) is 5.17. The fourth-order valence-corrected chi connectivity index (χ4v) is 4.67. The summed E-state index contributed by atoms with van der Waals surface area (Å²) in [5, 5.41) is 9.17. The lowest BCUT2D eigenvalue weighted by atomic mass is 10.0. The summed E-state index contributed by atoms with van der Waals surface area (Å²) in [6.07, 6.45) is 0. The molecule has 1 N–H and O–H groups in total. The Bertz CT molecular complexity index is 491. The van der Waals surface area contributed by atoms with Gasteiger partial charge in [-0.3, -0.25) is 4.90 Å². The molecule has 4 heteroatoms. The molecule has 2 fully saturated rings. The Morgan fingerprint density at radius 1 is 1.37 bits per heavy atom. The van der Waals surface area contributed by atoms with Crippen molar-refractivity contribution in [2.45, 2.75) is 13.5 Å². The molecule has 2 aliphatic rings. The first-order valence-corrected chi connectivity index (χ1v) is 7.92. The second-order valence-electron chi connectivity index (χ2n) is 5.71. The summed E-state index contributed by atoms with van der Waals surface area (Å²) in [5.74, 6) is 3.49. The third kappa shape index (κ3) is 2.65. The molecule has 0 spiro atoms. The maximum absolute atomic E-state index is 11.2. The van der Waals surface area contributed by atoms with Gasteiger partial charge in [0.15, 0.2) is 0 Å². The molecule has 0 bridgehead atoms. The zero-order valence-corrected chi connectivity index (χ0v) is 11.9. The number of aromatic carboxylic acids is 1. The van der Waals surface area contributed by atoms with Crippen LogP contribution in [0.25, 0.3) is 0 Å². The largest absolute Gasteiger partial charge is 0.478 e. The van der Waals surface area contributed by atoms with Crippen molar-refractivity contribution in [3.05, 3.63) is 34.9 Å². The molecule has 0 unspecified atom stereocenters. The van der Waals surface area contributed by atoms with Crippen LogP contribution in [-0.2, 0) is 6.54 Å². The summed E-state index contributed by atoms with van der Waals surface area (Å²) in [4.78, 5) is 13.6. The zero-order chi connectivity index (χ0) is 13.4. The first kappa shape index (κ1) is 13.0. The van der Waals surface area contributed by atoms with Crippen molar-refractivity contribution in [2.75, 3.05) is 24.6 Å². The van der Waals surface area contributed by atoms with Gasteiger partial charge in [-0.1, -0.05) is 12.1 Å². The van der Waals surface area contributed by atoms with Crippen molar-refractivity contribution in [3.8, 4) is 0 Å². The Morgan fingerprint density at radius 2 is 2.05 bits per heavy atom. The number of hydrogen-bond donors (Lipinski definition) is 1. The van der Waals surface area contributed by atoms with Crippen LogP contribution < -0.4 is 0 Å². The summed E-state index contributed by atoms with van der Waals surface area (Å²) in [7, 11) is 0. The molecule has 102 valence electrons. The van der Waals surface area contributed by atoms with E-state index in [1.54, 1.807) is 0 Å². The average Bonchev–Trinajstić information content (AvgIpc) is 2.91. The van der Waals surface area contributed by atoms with E-state index in [2.05, 4.69) is 22.7 Å². The van der Waals surface area contributed by atoms with E-state index in [0.717, 1.165) is 29.5 Å². The Morgan fingerprint density at radius 3 is 2.68 bits per heavy atom. The molecule has 2 saturated heterocycles. The molecule has 0 amide bonds. The van der Waals surface area contributed by atoms with Gasteiger partial charge < -0.3 is 5.11 Å². The molecular weight excluding hydrogens is 258 g/mol. The molecule has 0 aliphatic carbocycles. The highest BCUT2D eigenvalue weighted by Gasteiger charge is 2.36. The van der Waals surface area contributed by atoms with E-state index < -0.39 is 5.97 Å². The SMILES string of the molecule is Cc1ccc(CN2C[C@H]3CSC[C@H]3C2)cc1C(=O)O. The van der Waals surface area contributed by atoms with Crippen molar-refractivity contribution in [3.63, 3.8) is 0 Å². The van der Waals surface area contributed by atoms with E-state index in [0.29, 0.717) is 5.56 Å². The maximum Gasteiger partial charge on any atom is 0.335 e. The van der Waals surface area contributed by atoms with E-state index in [4.69, 9.17) is 5.11 Å². The Labute approximate surface area is 118 Å². The van der Waals surface area contributed by atoms with Crippen molar-refractivity contribution >= 4 is 17.7 Å². The van der Waals surface area contributed by atoms with Crippen LogP contribution in [0.3, 0.4) is 0 Å². The minimum absolute atomic E-state index is 0.437. The van der Waals surface area contributed by atoms with Gasteiger partial charge in [0.1, 0.15) is 0 Å². The first-order chi connectivity index (χ1) is 9.13. The molecule has 3 rings (SSSR count). The van der Waals surface area contributed by atoms with Gasteiger partial charge in [0.25, 0.3) is 0 Å². The number of rotatable bonds is 3. The molecule has 1 aromatic carbocycles. The maximum atomic E-state index is 11.2. The second-order valence-corrected chi connectivity index (χ2v) is 6.78. The molecule has 0 radical (unpaired) electrons. The number of nitrogens with zero attached hydrogens (tertiary/aromatic N) is 1. The third-order valence-corrected chi connectivity index (χ3v) is 5.58. The lowest BCUT2D eigenvalue weighted by Gasteiger charge is -2.17. The lowest BCUT2D eigenvalue weighted by molar-refractivity contribution is 0.0696. The molecule has 2 atom stereocenters.